The molecule has 0 unspecified atom stereocenters. The van der Waals surface area contributed by atoms with Gasteiger partial charge >= 0.3 is 0 Å². The van der Waals surface area contributed by atoms with Crippen molar-refractivity contribution in [1.29, 1.82) is 0 Å². The topological polar surface area (TPSA) is 9.23 Å². The van der Waals surface area contributed by atoms with E-state index in [0.717, 1.165) is 18.8 Å². The van der Waals surface area contributed by atoms with Crippen molar-refractivity contribution in [3.05, 3.63) is 12.3 Å². The van der Waals surface area contributed by atoms with E-state index < -0.39 is 0 Å². The number of ether oxygens (including phenoxy) is 1. The van der Waals surface area contributed by atoms with Gasteiger partial charge in [-0.15, -0.1) is 0 Å². The SMILES string of the molecule is C=C(CCCCCCCCCC)OCCCCC. The molecule has 0 saturated heterocycles. The summed E-state index contributed by atoms with van der Waals surface area (Å²) in [5, 5.41) is 0. The number of unbranched alkanes of at least 4 members (excludes halogenated alkanes) is 9. The Hall–Kier alpha value is -0.460. The molecule has 0 N–H and O–H groups in total. The van der Waals surface area contributed by atoms with E-state index in [1.54, 1.807) is 0 Å². The molecule has 0 atom stereocenters. The molecule has 0 aromatic carbocycles. The lowest BCUT2D eigenvalue weighted by atomic mass is 10.1. The summed E-state index contributed by atoms with van der Waals surface area (Å²) in [4.78, 5) is 0. The zero-order valence-corrected chi connectivity index (χ0v) is 12.8. The molecule has 0 amide bonds. The van der Waals surface area contributed by atoms with Gasteiger partial charge in [0.1, 0.15) is 0 Å². The summed E-state index contributed by atoms with van der Waals surface area (Å²) in [6.07, 6.45) is 15.7. The van der Waals surface area contributed by atoms with E-state index in [9.17, 15) is 0 Å². The molecule has 0 aliphatic rings. The van der Waals surface area contributed by atoms with Crippen molar-refractivity contribution in [2.45, 2.75) is 90.9 Å². The Morgan fingerprint density at radius 1 is 0.722 bits per heavy atom. The molecule has 0 fully saturated rings. The van der Waals surface area contributed by atoms with Gasteiger partial charge in [-0.25, -0.2) is 0 Å². The fraction of sp³-hybridized carbons (Fsp3) is 0.882. The summed E-state index contributed by atoms with van der Waals surface area (Å²) in [5.74, 6) is 0.997. The smallest absolute Gasteiger partial charge is 0.0888 e. The summed E-state index contributed by atoms with van der Waals surface area (Å²) in [6.45, 7) is 9.34. The molecular weight excluding hydrogens is 220 g/mol. The highest BCUT2D eigenvalue weighted by atomic mass is 16.5. The highest BCUT2D eigenvalue weighted by Crippen LogP contribution is 2.13. The van der Waals surface area contributed by atoms with Crippen LogP contribution in [0.1, 0.15) is 90.9 Å². The molecule has 0 bridgehead atoms. The van der Waals surface area contributed by atoms with E-state index in [2.05, 4.69) is 20.4 Å². The lowest BCUT2D eigenvalue weighted by molar-refractivity contribution is 0.196. The molecule has 0 aliphatic carbocycles. The molecule has 0 saturated carbocycles. The van der Waals surface area contributed by atoms with Crippen LogP contribution in [-0.4, -0.2) is 6.61 Å². The first-order chi connectivity index (χ1) is 8.81. The molecule has 0 spiro atoms. The van der Waals surface area contributed by atoms with Gasteiger partial charge in [0.2, 0.25) is 0 Å². The minimum absolute atomic E-state index is 0.865. The summed E-state index contributed by atoms with van der Waals surface area (Å²) in [7, 11) is 0. The first kappa shape index (κ1) is 17.5. The van der Waals surface area contributed by atoms with E-state index in [4.69, 9.17) is 4.74 Å². The number of hydrogen-bond donors (Lipinski definition) is 0. The Morgan fingerprint density at radius 3 is 1.83 bits per heavy atom. The van der Waals surface area contributed by atoms with Gasteiger partial charge in [0, 0.05) is 6.42 Å². The van der Waals surface area contributed by atoms with E-state index in [1.165, 1.54) is 70.6 Å². The number of hydrogen-bond acceptors (Lipinski definition) is 1. The van der Waals surface area contributed by atoms with Crippen LogP contribution in [0.25, 0.3) is 0 Å². The van der Waals surface area contributed by atoms with Crippen molar-refractivity contribution in [1.82, 2.24) is 0 Å². The second-order valence-electron chi connectivity index (χ2n) is 5.32. The van der Waals surface area contributed by atoms with Gasteiger partial charge in [-0.1, -0.05) is 78.2 Å². The molecule has 1 heteroatoms. The minimum atomic E-state index is 0.865. The van der Waals surface area contributed by atoms with Crippen LogP contribution in [0.2, 0.25) is 0 Å². The van der Waals surface area contributed by atoms with Crippen LogP contribution in [0.15, 0.2) is 12.3 Å². The van der Waals surface area contributed by atoms with Crippen LogP contribution >= 0.6 is 0 Å². The summed E-state index contributed by atoms with van der Waals surface area (Å²) < 4.78 is 5.61. The quantitative estimate of drug-likeness (QED) is 0.263. The van der Waals surface area contributed by atoms with E-state index >= 15 is 0 Å². The van der Waals surface area contributed by atoms with Crippen molar-refractivity contribution < 1.29 is 4.74 Å². The largest absolute Gasteiger partial charge is 0.499 e. The molecular formula is C17H34O. The van der Waals surface area contributed by atoms with E-state index in [0.29, 0.717) is 0 Å². The second-order valence-corrected chi connectivity index (χ2v) is 5.32. The maximum Gasteiger partial charge on any atom is 0.0888 e. The zero-order valence-electron chi connectivity index (χ0n) is 12.8. The van der Waals surface area contributed by atoms with Crippen LogP contribution < -0.4 is 0 Å². The Balaban J connectivity index is 3.10. The lowest BCUT2D eigenvalue weighted by Gasteiger charge is -2.08. The Kier molecular flexibility index (Phi) is 14.2. The van der Waals surface area contributed by atoms with E-state index in [-0.39, 0.29) is 0 Å². The molecule has 0 aromatic heterocycles. The predicted molar refractivity (Wildman–Crippen MR) is 81.8 cm³/mol. The molecule has 18 heavy (non-hydrogen) atoms. The third-order valence-electron chi connectivity index (χ3n) is 3.36. The highest BCUT2D eigenvalue weighted by Gasteiger charge is 1.96. The van der Waals surface area contributed by atoms with Gasteiger partial charge in [0.25, 0.3) is 0 Å². The summed E-state index contributed by atoms with van der Waals surface area (Å²) in [5.41, 5.74) is 0. The van der Waals surface area contributed by atoms with E-state index in [1.807, 2.05) is 0 Å². The minimum Gasteiger partial charge on any atom is -0.499 e. The standard InChI is InChI=1S/C17H34O/c1-4-6-8-9-10-11-12-13-15-17(3)18-16-14-7-5-2/h3-16H2,1-2H3. The average Bonchev–Trinajstić information content (AvgIpc) is 2.38. The molecule has 108 valence electrons. The van der Waals surface area contributed by atoms with Crippen molar-refractivity contribution in [3.63, 3.8) is 0 Å². The van der Waals surface area contributed by atoms with Gasteiger partial charge in [0.05, 0.1) is 12.4 Å². The monoisotopic (exact) mass is 254 g/mol. The molecule has 0 aromatic rings. The fourth-order valence-electron chi connectivity index (χ4n) is 2.10. The van der Waals surface area contributed by atoms with Crippen LogP contribution in [-0.2, 0) is 4.74 Å². The first-order valence-corrected chi connectivity index (χ1v) is 8.11. The number of allylic oxidation sites excluding steroid dienone is 1. The normalized spacial score (nSPS) is 10.6. The molecule has 0 heterocycles. The van der Waals surface area contributed by atoms with Crippen LogP contribution in [0.3, 0.4) is 0 Å². The number of rotatable bonds is 14. The third kappa shape index (κ3) is 13.6. The molecule has 1 nitrogen and oxygen atoms in total. The van der Waals surface area contributed by atoms with Crippen LogP contribution in [0.5, 0.6) is 0 Å². The fourth-order valence-corrected chi connectivity index (χ4v) is 2.10. The van der Waals surface area contributed by atoms with Crippen molar-refractivity contribution >= 4 is 0 Å². The molecule has 0 radical (unpaired) electrons. The summed E-state index contributed by atoms with van der Waals surface area (Å²) in [6, 6.07) is 0. The Bertz CT molecular complexity index is 174. The Labute approximate surface area is 115 Å². The second kappa shape index (κ2) is 14.6. The average molecular weight is 254 g/mol. The van der Waals surface area contributed by atoms with Crippen LogP contribution in [0, 0.1) is 0 Å². The van der Waals surface area contributed by atoms with Gasteiger partial charge in [0.15, 0.2) is 0 Å². The molecule has 0 aliphatic heterocycles. The zero-order chi connectivity index (χ0) is 13.5. The van der Waals surface area contributed by atoms with Gasteiger partial charge < -0.3 is 4.74 Å². The van der Waals surface area contributed by atoms with Crippen LogP contribution in [0.4, 0.5) is 0 Å². The molecule has 0 rings (SSSR count). The van der Waals surface area contributed by atoms with Crippen molar-refractivity contribution in [2.75, 3.05) is 6.61 Å². The maximum atomic E-state index is 5.61. The third-order valence-corrected chi connectivity index (χ3v) is 3.36. The highest BCUT2D eigenvalue weighted by molar-refractivity contribution is 4.81. The van der Waals surface area contributed by atoms with Crippen molar-refractivity contribution in [3.8, 4) is 0 Å². The lowest BCUT2D eigenvalue weighted by Crippen LogP contribution is -1.94. The van der Waals surface area contributed by atoms with Gasteiger partial charge in [-0.2, -0.15) is 0 Å². The first-order valence-electron chi connectivity index (χ1n) is 8.11. The maximum absolute atomic E-state index is 5.61. The Morgan fingerprint density at radius 2 is 1.22 bits per heavy atom. The van der Waals surface area contributed by atoms with Crippen molar-refractivity contribution in [2.24, 2.45) is 0 Å². The van der Waals surface area contributed by atoms with Gasteiger partial charge in [-0.05, 0) is 12.8 Å². The predicted octanol–water partition coefficient (Wildman–Crippen LogP) is 6.24. The van der Waals surface area contributed by atoms with Gasteiger partial charge in [-0.3, -0.25) is 0 Å². The summed E-state index contributed by atoms with van der Waals surface area (Å²) >= 11 is 0.